The molecule has 0 saturated carbocycles. The number of hydrogen-bond acceptors (Lipinski definition) is 11. The molecule has 61 heavy (non-hydrogen) atoms. The molecule has 3 N–H and O–H groups in total. The highest BCUT2D eigenvalue weighted by atomic mass is 35.5. The Morgan fingerprint density at radius 1 is 1.08 bits per heavy atom. The maximum Gasteiger partial charge on any atom is 0.293 e. The van der Waals surface area contributed by atoms with E-state index in [1.807, 2.05) is 29.0 Å². The van der Waals surface area contributed by atoms with Crippen LogP contribution in [0.2, 0.25) is 5.02 Å². The van der Waals surface area contributed by atoms with Crippen LogP contribution < -0.4 is 19.7 Å². The molecular formula is C45H50ClN7O7S. The number of halogens is 1. The maximum absolute atomic E-state index is 14.0. The fourth-order valence-electron chi connectivity index (χ4n) is 7.90. The van der Waals surface area contributed by atoms with Crippen LogP contribution in [0.15, 0.2) is 95.7 Å². The van der Waals surface area contributed by atoms with Gasteiger partial charge in [-0.1, -0.05) is 43.2 Å². The summed E-state index contributed by atoms with van der Waals surface area (Å²) in [5, 5.41) is 16.5. The third kappa shape index (κ3) is 10.0. The van der Waals surface area contributed by atoms with Crippen molar-refractivity contribution in [2.24, 2.45) is 11.3 Å². The Hall–Kier alpha value is -5.48. The van der Waals surface area contributed by atoms with Gasteiger partial charge in [0.15, 0.2) is 0 Å². The summed E-state index contributed by atoms with van der Waals surface area (Å²) in [5.41, 5.74) is 3.31. The number of carbonyl (C=O) groups excluding carboxylic acids is 1. The summed E-state index contributed by atoms with van der Waals surface area (Å²) < 4.78 is 78.2. The maximum atomic E-state index is 14.0. The van der Waals surface area contributed by atoms with Gasteiger partial charge >= 0.3 is 0 Å². The molecular weight excluding hydrogens is 818 g/mol. The van der Waals surface area contributed by atoms with Gasteiger partial charge in [-0.05, 0) is 103 Å². The first kappa shape index (κ1) is 37.3. The number of sulfonamides is 1. The van der Waals surface area contributed by atoms with E-state index in [2.05, 4.69) is 29.1 Å². The van der Waals surface area contributed by atoms with E-state index in [1.165, 1.54) is 46.3 Å². The number of allylic oxidation sites excluding steroid dienone is 1. The Balaban J connectivity index is 1.07. The monoisotopic (exact) mass is 871 g/mol. The van der Waals surface area contributed by atoms with Crippen LogP contribution in [0.3, 0.4) is 0 Å². The number of anilines is 2. The summed E-state index contributed by atoms with van der Waals surface area (Å²) in [6.07, 6.45) is 6.96. The van der Waals surface area contributed by atoms with E-state index >= 15 is 0 Å². The minimum absolute atomic E-state index is 0.000248. The van der Waals surface area contributed by atoms with Crippen LogP contribution in [-0.4, -0.2) is 86.5 Å². The average Bonchev–Trinajstić information content (AvgIpc) is 3.72. The van der Waals surface area contributed by atoms with Gasteiger partial charge in [-0.25, -0.2) is 18.1 Å². The van der Waals surface area contributed by atoms with Crippen molar-refractivity contribution in [1.29, 1.82) is 0 Å². The van der Waals surface area contributed by atoms with Crippen LogP contribution in [0.1, 0.15) is 67.4 Å². The number of aromatic amines is 1. The van der Waals surface area contributed by atoms with Gasteiger partial charge in [-0.15, -0.1) is 0 Å². The molecule has 320 valence electrons. The molecule has 5 aromatic rings. The smallest absolute Gasteiger partial charge is 0.293 e. The third-order valence-corrected chi connectivity index (χ3v) is 13.0. The molecule has 16 heteroatoms. The molecule has 14 nitrogen and oxygen atoms in total. The first-order valence-electron chi connectivity index (χ1n) is 22.2. The van der Waals surface area contributed by atoms with E-state index in [4.69, 9.17) is 21.1 Å². The quantitative estimate of drug-likeness (QED) is 0.0764. The van der Waals surface area contributed by atoms with Crippen LogP contribution >= 0.6 is 11.6 Å². The van der Waals surface area contributed by atoms with Crippen molar-refractivity contribution >= 4 is 61.2 Å². The lowest BCUT2D eigenvalue weighted by atomic mass is 9.72. The van der Waals surface area contributed by atoms with Crippen molar-refractivity contribution in [2.45, 2.75) is 50.8 Å². The molecule has 1 amide bonds. The number of pyridine rings is 1. The Kier molecular flexibility index (Phi) is 10.9. The molecule has 1 aliphatic carbocycles. The molecule has 2 saturated heterocycles. The number of ether oxygens (including phenoxy) is 2. The molecule has 0 atom stereocenters. The van der Waals surface area contributed by atoms with Crippen molar-refractivity contribution < 1.29 is 33.1 Å². The Bertz CT molecular complexity index is 2750. The van der Waals surface area contributed by atoms with Crippen molar-refractivity contribution in [3.8, 4) is 11.5 Å². The van der Waals surface area contributed by atoms with Gasteiger partial charge in [0.1, 0.15) is 22.8 Å². The van der Waals surface area contributed by atoms with Crippen molar-refractivity contribution in [3.05, 3.63) is 117 Å². The summed E-state index contributed by atoms with van der Waals surface area (Å²) in [6, 6.07) is 18.6. The lowest BCUT2D eigenvalue weighted by Gasteiger charge is -2.39. The van der Waals surface area contributed by atoms with E-state index in [9.17, 15) is 28.8 Å². The summed E-state index contributed by atoms with van der Waals surface area (Å²) in [6.45, 7) is 1.21. The van der Waals surface area contributed by atoms with Gasteiger partial charge in [0, 0.05) is 92.3 Å². The molecule has 0 radical (unpaired) electrons. The van der Waals surface area contributed by atoms with Crippen molar-refractivity contribution in [3.63, 3.8) is 0 Å². The van der Waals surface area contributed by atoms with Crippen LogP contribution in [-0.2, 0) is 14.8 Å². The molecule has 3 aliphatic rings. The standard InChI is InChI=1S/C45H50ClN7O7S/c1-45(2)15-11-33(39(26-45)31-3-5-34(46)6-4-31)29-51-17-19-52(20-18-51)35-7-9-38(42(24-35)60-36-23-32-12-16-47-43(32)49-28-36)44(54)50-61(57,58)37-8-10-40(41(25-37)53(55)56)48-27-30-13-21-59-22-14-30/h3-10,12,16,23-25,28,30,48H,11,13-15,17-22,26-27,29H2,1-2H3,(H,47,49)(H,50,54)/i17D2,18D2. The van der Waals surface area contributed by atoms with E-state index in [0.717, 1.165) is 48.5 Å². The highest BCUT2D eigenvalue weighted by molar-refractivity contribution is 7.90. The van der Waals surface area contributed by atoms with Gasteiger partial charge in [0.25, 0.3) is 21.6 Å². The third-order valence-electron chi connectivity index (χ3n) is 11.4. The lowest BCUT2D eigenvalue weighted by molar-refractivity contribution is -0.384. The lowest BCUT2D eigenvalue weighted by Crippen LogP contribution is -2.47. The van der Waals surface area contributed by atoms with E-state index in [1.54, 1.807) is 18.3 Å². The molecule has 3 aromatic carbocycles. The van der Waals surface area contributed by atoms with Gasteiger partial charge in [-0.2, -0.15) is 0 Å². The van der Waals surface area contributed by atoms with Crippen LogP contribution in [0.5, 0.6) is 11.5 Å². The molecule has 2 fully saturated rings. The van der Waals surface area contributed by atoms with Crippen LogP contribution in [0, 0.1) is 21.4 Å². The van der Waals surface area contributed by atoms with Crippen LogP contribution in [0.4, 0.5) is 17.1 Å². The van der Waals surface area contributed by atoms with E-state index in [-0.39, 0.29) is 53.7 Å². The second kappa shape index (κ2) is 17.9. The Morgan fingerprint density at radius 2 is 1.85 bits per heavy atom. The second-order valence-electron chi connectivity index (χ2n) is 16.4. The van der Waals surface area contributed by atoms with E-state index < -0.39 is 44.4 Å². The molecule has 2 aliphatic heterocycles. The SMILES string of the molecule is [2H]C1([2H])CN(c2ccc(C(=O)NS(=O)(=O)c3ccc(NCC4CCOCC4)c([N+](=O)[O-])c3)c(Oc3cnc4[nH]ccc4c3)c2)CC([2H])([2H])N1CC1=C(c2ccc(Cl)cc2)CC(C)(C)CC1. The van der Waals surface area contributed by atoms with Crippen LogP contribution in [0.25, 0.3) is 16.6 Å². The fraction of sp³-hybridized carbons (Fsp3) is 0.378. The molecule has 0 bridgehead atoms. The van der Waals surface area contributed by atoms with Crippen molar-refractivity contribution in [2.75, 3.05) is 62.6 Å². The fourth-order valence-corrected chi connectivity index (χ4v) is 9.02. The number of fused-ring (bicyclic) bond motifs is 1. The number of amides is 1. The molecule has 0 spiro atoms. The summed E-state index contributed by atoms with van der Waals surface area (Å²) in [5.74, 6) is -0.810. The molecule has 0 unspecified atom stereocenters. The number of piperazine rings is 1. The van der Waals surface area contributed by atoms with Gasteiger partial charge in [0.2, 0.25) is 0 Å². The topological polar surface area (TPSA) is 172 Å². The van der Waals surface area contributed by atoms with E-state index in [0.29, 0.717) is 47.9 Å². The average molecular weight is 872 g/mol. The number of rotatable bonds is 13. The first-order chi connectivity index (χ1) is 30.8. The predicted molar refractivity (Wildman–Crippen MR) is 237 cm³/mol. The first-order valence-corrected chi connectivity index (χ1v) is 22.0. The number of carbonyl (C=O) groups is 1. The molecule has 4 heterocycles. The largest absolute Gasteiger partial charge is 0.455 e. The number of nitrogens with zero attached hydrogens (tertiary/aromatic N) is 4. The zero-order valence-corrected chi connectivity index (χ0v) is 35.4. The summed E-state index contributed by atoms with van der Waals surface area (Å²) >= 11 is 6.21. The van der Waals surface area contributed by atoms with Gasteiger partial charge < -0.3 is 24.7 Å². The highest BCUT2D eigenvalue weighted by Crippen LogP contribution is 2.43. The second-order valence-corrected chi connectivity index (χ2v) is 18.5. The molecule has 8 rings (SSSR count). The number of nitrogens with one attached hydrogen (secondary N) is 3. The van der Waals surface area contributed by atoms with Gasteiger partial charge in [0.05, 0.1) is 21.6 Å². The highest BCUT2D eigenvalue weighted by Gasteiger charge is 2.31. The summed E-state index contributed by atoms with van der Waals surface area (Å²) in [4.78, 5) is 35.1. The Morgan fingerprint density at radius 3 is 2.61 bits per heavy atom. The molecule has 2 aromatic heterocycles. The number of nitro benzene ring substituents is 1. The number of H-pyrrole nitrogens is 1. The zero-order valence-electron chi connectivity index (χ0n) is 37.9. The van der Waals surface area contributed by atoms with Crippen molar-refractivity contribution in [1.82, 2.24) is 19.6 Å². The Labute approximate surface area is 366 Å². The predicted octanol–water partition coefficient (Wildman–Crippen LogP) is 8.66. The minimum atomic E-state index is -4.68. The summed E-state index contributed by atoms with van der Waals surface area (Å²) in [7, 11) is -4.68. The number of hydrogen-bond donors (Lipinski definition) is 3. The number of aromatic nitrogens is 2. The zero-order chi connectivity index (χ0) is 46.3. The van der Waals surface area contributed by atoms with Gasteiger partial charge in [-0.3, -0.25) is 19.8 Å². The normalized spacial score (nSPS) is 20.3. The number of nitro groups is 1. The number of benzene rings is 3. The minimum Gasteiger partial charge on any atom is -0.455 e.